The van der Waals surface area contributed by atoms with Gasteiger partial charge in [0.05, 0.1) is 5.02 Å². The van der Waals surface area contributed by atoms with E-state index in [4.69, 9.17) is 11.6 Å². The molecule has 0 aromatic heterocycles. The van der Waals surface area contributed by atoms with Crippen molar-refractivity contribution in [2.45, 2.75) is 38.3 Å². The summed E-state index contributed by atoms with van der Waals surface area (Å²) in [4.78, 5) is 2.42. The maximum Gasteiger partial charge on any atom is 0.142 e. The molecule has 0 bridgehead atoms. The molecule has 1 N–H and O–H groups in total. The summed E-state index contributed by atoms with van der Waals surface area (Å²) in [6.45, 7) is 4.26. The molecule has 0 radical (unpaired) electrons. The Kier molecular flexibility index (Phi) is 4.59. The number of nitrogens with one attached hydrogen (secondary N) is 1. The predicted molar refractivity (Wildman–Crippen MR) is 80.4 cm³/mol. The van der Waals surface area contributed by atoms with Crippen LogP contribution in [0, 0.1) is 11.7 Å². The van der Waals surface area contributed by atoms with Crippen LogP contribution in [0.3, 0.4) is 0 Å². The van der Waals surface area contributed by atoms with Gasteiger partial charge in [-0.2, -0.15) is 0 Å². The molecular weight excluding hydrogens is 275 g/mol. The van der Waals surface area contributed by atoms with Gasteiger partial charge in [-0.05, 0) is 68.9 Å². The van der Waals surface area contributed by atoms with Crippen molar-refractivity contribution >= 4 is 11.6 Å². The first kappa shape index (κ1) is 14.3. The van der Waals surface area contributed by atoms with E-state index >= 15 is 0 Å². The zero-order valence-electron chi connectivity index (χ0n) is 11.7. The van der Waals surface area contributed by atoms with E-state index in [0.29, 0.717) is 0 Å². The molecule has 2 saturated heterocycles. The summed E-state index contributed by atoms with van der Waals surface area (Å²) < 4.78 is 13.4. The SMILES string of the molecule is Fc1cc(CN2CCC(C3CCCN3)CC2)ccc1Cl. The second-order valence-electron chi connectivity index (χ2n) is 6.06. The Bertz CT molecular complexity index is 452. The van der Waals surface area contributed by atoms with Crippen molar-refractivity contribution in [3.63, 3.8) is 0 Å². The quantitative estimate of drug-likeness (QED) is 0.919. The highest BCUT2D eigenvalue weighted by Gasteiger charge is 2.28. The van der Waals surface area contributed by atoms with Gasteiger partial charge < -0.3 is 5.32 Å². The van der Waals surface area contributed by atoms with E-state index in [1.54, 1.807) is 12.1 Å². The maximum atomic E-state index is 13.4. The van der Waals surface area contributed by atoms with Crippen LogP contribution in [-0.4, -0.2) is 30.6 Å². The molecule has 110 valence electrons. The molecule has 0 aliphatic carbocycles. The largest absolute Gasteiger partial charge is 0.314 e. The second-order valence-corrected chi connectivity index (χ2v) is 6.47. The fraction of sp³-hybridized carbons (Fsp3) is 0.625. The van der Waals surface area contributed by atoms with Gasteiger partial charge >= 0.3 is 0 Å². The zero-order valence-corrected chi connectivity index (χ0v) is 12.5. The Morgan fingerprint density at radius 1 is 1.25 bits per heavy atom. The van der Waals surface area contributed by atoms with Crippen molar-refractivity contribution in [3.8, 4) is 0 Å². The lowest BCUT2D eigenvalue weighted by Crippen LogP contribution is -2.40. The summed E-state index contributed by atoms with van der Waals surface area (Å²) in [7, 11) is 0. The van der Waals surface area contributed by atoms with E-state index < -0.39 is 0 Å². The minimum atomic E-state index is -0.311. The van der Waals surface area contributed by atoms with Crippen molar-refractivity contribution in [1.29, 1.82) is 0 Å². The molecule has 2 aliphatic heterocycles. The lowest BCUT2D eigenvalue weighted by molar-refractivity contribution is 0.157. The number of benzene rings is 1. The maximum absolute atomic E-state index is 13.4. The highest BCUT2D eigenvalue weighted by molar-refractivity contribution is 6.30. The van der Waals surface area contributed by atoms with Gasteiger partial charge in [0, 0.05) is 12.6 Å². The molecule has 1 unspecified atom stereocenters. The van der Waals surface area contributed by atoms with Crippen LogP contribution in [0.2, 0.25) is 5.02 Å². The van der Waals surface area contributed by atoms with Crippen LogP contribution in [0.4, 0.5) is 4.39 Å². The number of hydrogen-bond acceptors (Lipinski definition) is 2. The van der Waals surface area contributed by atoms with Crippen molar-refractivity contribution < 1.29 is 4.39 Å². The molecule has 0 spiro atoms. The Balaban J connectivity index is 1.51. The van der Waals surface area contributed by atoms with Gasteiger partial charge in [-0.1, -0.05) is 17.7 Å². The topological polar surface area (TPSA) is 15.3 Å². The Morgan fingerprint density at radius 3 is 2.70 bits per heavy atom. The fourth-order valence-electron chi connectivity index (χ4n) is 3.52. The van der Waals surface area contributed by atoms with E-state index in [2.05, 4.69) is 10.2 Å². The summed E-state index contributed by atoms with van der Waals surface area (Å²) >= 11 is 5.72. The molecule has 20 heavy (non-hydrogen) atoms. The molecule has 1 aromatic carbocycles. The van der Waals surface area contributed by atoms with Gasteiger partial charge in [-0.3, -0.25) is 4.90 Å². The van der Waals surface area contributed by atoms with Gasteiger partial charge in [0.15, 0.2) is 0 Å². The first-order chi connectivity index (χ1) is 9.72. The van der Waals surface area contributed by atoms with Crippen molar-refractivity contribution in [2.75, 3.05) is 19.6 Å². The summed E-state index contributed by atoms with van der Waals surface area (Å²) in [5.74, 6) is 0.518. The van der Waals surface area contributed by atoms with Crippen LogP contribution in [-0.2, 0) is 6.54 Å². The summed E-state index contributed by atoms with van der Waals surface area (Å²) in [6.07, 6.45) is 5.18. The fourth-order valence-corrected chi connectivity index (χ4v) is 3.64. The molecule has 2 fully saturated rings. The average Bonchev–Trinajstić information content (AvgIpc) is 2.98. The lowest BCUT2D eigenvalue weighted by Gasteiger charge is -2.34. The van der Waals surface area contributed by atoms with Crippen LogP contribution < -0.4 is 5.32 Å². The Morgan fingerprint density at radius 2 is 2.05 bits per heavy atom. The number of rotatable bonds is 3. The monoisotopic (exact) mass is 296 g/mol. The number of nitrogens with zero attached hydrogens (tertiary/aromatic N) is 1. The number of piperidine rings is 1. The molecule has 1 aromatic rings. The molecule has 1 atom stereocenters. The molecule has 3 rings (SSSR count). The van der Waals surface area contributed by atoms with Gasteiger partial charge in [-0.15, -0.1) is 0 Å². The van der Waals surface area contributed by atoms with Crippen LogP contribution in [0.15, 0.2) is 18.2 Å². The lowest BCUT2D eigenvalue weighted by atomic mass is 9.88. The number of halogens is 2. The highest BCUT2D eigenvalue weighted by atomic mass is 35.5. The zero-order chi connectivity index (χ0) is 13.9. The summed E-state index contributed by atoms with van der Waals surface area (Å²) in [5.41, 5.74) is 1.02. The number of likely N-dealkylation sites (tertiary alicyclic amines) is 1. The second kappa shape index (κ2) is 6.42. The van der Waals surface area contributed by atoms with E-state index in [-0.39, 0.29) is 10.8 Å². The van der Waals surface area contributed by atoms with Crippen LogP contribution in [0.1, 0.15) is 31.2 Å². The van der Waals surface area contributed by atoms with E-state index in [1.165, 1.54) is 32.2 Å². The molecule has 2 nitrogen and oxygen atoms in total. The third kappa shape index (κ3) is 3.33. The Labute approximate surface area is 125 Å². The van der Waals surface area contributed by atoms with Gasteiger partial charge in [0.1, 0.15) is 5.82 Å². The predicted octanol–water partition coefficient (Wildman–Crippen LogP) is 3.44. The molecule has 2 heterocycles. The summed E-state index contributed by atoms with van der Waals surface area (Å²) in [6, 6.07) is 5.88. The Hall–Kier alpha value is -0.640. The normalized spacial score (nSPS) is 25.2. The number of hydrogen-bond donors (Lipinski definition) is 1. The average molecular weight is 297 g/mol. The van der Waals surface area contributed by atoms with Gasteiger partial charge in [0.25, 0.3) is 0 Å². The molecule has 0 amide bonds. The first-order valence-corrected chi connectivity index (χ1v) is 8.00. The standard InChI is InChI=1S/C16H22ClFN2/c17-14-4-3-12(10-15(14)18)11-20-8-5-13(6-9-20)16-2-1-7-19-16/h3-4,10,13,16,19H,1-2,5-9,11H2. The van der Waals surface area contributed by atoms with Gasteiger partial charge in [0.2, 0.25) is 0 Å². The third-order valence-electron chi connectivity index (χ3n) is 4.69. The molecule has 0 saturated carbocycles. The highest BCUT2D eigenvalue weighted by Crippen LogP contribution is 2.26. The minimum Gasteiger partial charge on any atom is -0.314 e. The van der Waals surface area contributed by atoms with Gasteiger partial charge in [-0.25, -0.2) is 4.39 Å². The van der Waals surface area contributed by atoms with E-state index in [9.17, 15) is 4.39 Å². The van der Waals surface area contributed by atoms with Crippen LogP contribution in [0.25, 0.3) is 0 Å². The van der Waals surface area contributed by atoms with E-state index in [0.717, 1.165) is 37.2 Å². The first-order valence-electron chi connectivity index (χ1n) is 7.62. The smallest absolute Gasteiger partial charge is 0.142 e. The van der Waals surface area contributed by atoms with Crippen molar-refractivity contribution in [2.24, 2.45) is 5.92 Å². The minimum absolute atomic E-state index is 0.208. The van der Waals surface area contributed by atoms with Crippen LogP contribution >= 0.6 is 11.6 Å². The molecule has 2 aliphatic rings. The van der Waals surface area contributed by atoms with E-state index in [1.807, 2.05) is 6.07 Å². The van der Waals surface area contributed by atoms with Crippen molar-refractivity contribution in [1.82, 2.24) is 10.2 Å². The third-order valence-corrected chi connectivity index (χ3v) is 5.00. The van der Waals surface area contributed by atoms with Crippen LogP contribution in [0.5, 0.6) is 0 Å². The molecule has 4 heteroatoms. The van der Waals surface area contributed by atoms with Crippen molar-refractivity contribution in [3.05, 3.63) is 34.6 Å². The summed E-state index contributed by atoms with van der Waals surface area (Å²) in [5, 5.41) is 3.83. The molecular formula is C16H22ClFN2.